The molecule has 0 saturated carbocycles. The van der Waals surface area contributed by atoms with Crippen LogP contribution in [0.5, 0.6) is 11.5 Å². The summed E-state index contributed by atoms with van der Waals surface area (Å²) < 4.78 is 11.0. The summed E-state index contributed by atoms with van der Waals surface area (Å²) in [5, 5.41) is 8.93. The molecule has 3 rings (SSSR count). The molecule has 110 valence electrons. The number of benzene rings is 2. The van der Waals surface area contributed by atoms with E-state index in [2.05, 4.69) is 0 Å². The lowest BCUT2D eigenvalue weighted by molar-refractivity contribution is 0.0993. The van der Waals surface area contributed by atoms with Crippen molar-refractivity contribution in [1.82, 2.24) is 0 Å². The molecule has 0 bridgehead atoms. The van der Waals surface area contributed by atoms with Crippen LogP contribution in [0.15, 0.2) is 42.5 Å². The lowest BCUT2D eigenvalue weighted by Gasteiger charge is -2.22. The number of amides is 1. The van der Waals surface area contributed by atoms with Gasteiger partial charge in [-0.2, -0.15) is 5.26 Å². The predicted molar refractivity (Wildman–Crippen MR) is 81.3 cm³/mol. The highest BCUT2D eigenvalue weighted by atomic mass is 16.6. The van der Waals surface area contributed by atoms with Crippen LogP contribution in [0, 0.1) is 11.3 Å². The van der Waals surface area contributed by atoms with Crippen molar-refractivity contribution < 1.29 is 14.3 Å². The Kier molecular flexibility index (Phi) is 3.67. The first-order chi connectivity index (χ1) is 10.7. The first kappa shape index (κ1) is 14.0. The molecule has 0 spiro atoms. The summed E-state index contributed by atoms with van der Waals surface area (Å²) in [6.45, 7) is 1.03. The topological polar surface area (TPSA) is 62.6 Å². The summed E-state index contributed by atoms with van der Waals surface area (Å²) in [4.78, 5) is 14.0. The van der Waals surface area contributed by atoms with E-state index < -0.39 is 0 Å². The Bertz CT molecular complexity index is 765. The molecular weight excluding hydrogens is 280 g/mol. The van der Waals surface area contributed by atoms with Gasteiger partial charge in [-0.05, 0) is 30.3 Å². The molecule has 0 saturated heterocycles. The highest BCUT2D eigenvalue weighted by Gasteiger charge is 2.17. The number of carbonyl (C=O) groups excluding carboxylic acids is 1. The molecule has 22 heavy (non-hydrogen) atoms. The van der Waals surface area contributed by atoms with Crippen LogP contribution in [-0.4, -0.2) is 26.2 Å². The van der Waals surface area contributed by atoms with Crippen LogP contribution in [0.2, 0.25) is 0 Å². The summed E-state index contributed by atoms with van der Waals surface area (Å²) >= 11 is 0. The minimum absolute atomic E-state index is 0.186. The van der Waals surface area contributed by atoms with Crippen LogP contribution >= 0.6 is 0 Å². The highest BCUT2D eigenvalue weighted by Crippen LogP contribution is 2.34. The fourth-order valence-electron chi connectivity index (χ4n) is 2.27. The van der Waals surface area contributed by atoms with Gasteiger partial charge in [-0.1, -0.05) is 6.07 Å². The summed E-state index contributed by atoms with van der Waals surface area (Å²) in [7, 11) is 1.69. The number of carbonyl (C=O) groups is 1. The highest BCUT2D eigenvalue weighted by molar-refractivity contribution is 6.06. The Morgan fingerprint density at radius 1 is 1.14 bits per heavy atom. The van der Waals surface area contributed by atoms with Gasteiger partial charge in [0.1, 0.15) is 13.2 Å². The average molecular weight is 294 g/mol. The maximum atomic E-state index is 12.5. The molecule has 5 nitrogen and oxygen atoms in total. The minimum Gasteiger partial charge on any atom is -0.486 e. The first-order valence-electron chi connectivity index (χ1n) is 6.87. The number of anilines is 1. The second-order valence-electron chi connectivity index (χ2n) is 4.88. The third kappa shape index (κ3) is 2.59. The van der Waals surface area contributed by atoms with E-state index in [9.17, 15) is 4.79 Å². The van der Waals surface area contributed by atoms with Gasteiger partial charge in [0.2, 0.25) is 0 Å². The molecule has 1 aliphatic heterocycles. The van der Waals surface area contributed by atoms with Crippen molar-refractivity contribution in [3.63, 3.8) is 0 Å². The standard InChI is InChI=1S/C17H14N2O3/c1-19(17(20)13-4-2-3-12(9-13)11-18)14-5-6-15-16(10-14)22-8-7-21-15/h2-6,9-10H,7-8H2,1H3. The first-order valence-corrected chi connectivity index (χ1v) is 6.87. The van der Waals surface area contributed by atoms with Crippen LogP contribution in [0.25, 0.3) is 0 Å². The molecule has 0 fully saturated rings. The monoisotopic (exact) mass is 294 g/mol. The molecule has 1 aliphatic rings. The van der Waals surface area contributed by atoms with Crippen LogP contribution in [0.3, 0.4) is 0 Å². The van der Waals surface area contributed by atoms with Crippen LogP contribution < -0.4 is 14.4 Å². The fraction of sp³-hybridized carbons (Fsp3) is 0.176. The largest absolute Gasteiger partial charge is 0.486 e. The molecule has 0 unspecified atom stereocenters. The summed E-state index contributed by atoms with van der Waals surface area (Å²) in [5.41, 5.74) is 1.63. The lowest BCUT2D eigenvalue weighted by Crippen LogP contribution is -2.26. The van der Waals surface area contributed by atoms with Crippen LogP contribution in [-0.2, 0) is 0 Å². The lowest BCUT2D eigenvalue weighted by atomic mass is 10.1. The molecule has 0 radical (unpaired) electrons. The SMILES string of the molecule is CN(C(=O)c1cccc(C#N)c1)c1ccc2c(c1)OCCO2. The molecule has 0 aliphatic carbocycles. The number of nitrogens with zero attached hydrogens (tertiary/aromatic N) is 2. The molecule has 5 heteroatoms. The van der Waals surface area contributed by atoms with E-state index in [1.54, 1.807) is 49.5 Å². The zero-order valence-electron chi connectivity index (χ0n) is 12.1. The van der Waals surface area contributed by atoms with Gasteiger partial charge >= 0.3 is 0 Å². The normalized spacial score (nSPS) is 12.4. The Morgan fingerprint density at radius 2 is 1.91 bits per heavy atom. The zero-order valence-corrected chi connectivity index (χ0v) is 12.1. The van der Waals surface area contributed by atoms with Gasteiger partial charge < -0.3 is 14.4 Å². The van der Waals surface area contributed by atoms with E-state index in [1.165, 1.54) is 4.90 Å². The van der Waals surface area contributed by atoms with Crippen molar-refractivity contribution in [2.45, 2.75) is 0 Å². The minimum atomic E-state index is -0.186. The van der Waals surface area contributed by atoms with Crippen LogP contribution in [0.4, 0.5) is 5.69 Å². The molecule has 0 atom stereocenters. The van der Waals surface area contributed by atoms with E-state index in [4.69, 9.17) is 14.7 Å². The maximum absolute atomic E-state index is 12.5. The van der Waals surface area contributed by atoms with Crippen molar-refractivity contribution in [2.75, 3.05) is 25.2 Å². The van der Waals surface area contributed by atoms with Crippen molar-refractivity contribution in [3.05, 3.63) is 53.6 Å². The summed E-state index contributed by atoms with van der Waals surface area (Å²) in [5.74, 6) is 1.13. The molecule has 1 heterocycles. The number of nitriles is 1. The number of hydrogen-bond acceptors (Lipinski definition) is 4. The van der Waals surface area contributed by atoms with Gasteiger partial charge in [0.25, 0.3) is 5.91 Å². The molecule has 0 N–H and O–H groups in total. The zero-order chi connectivity index (χ0) is 15.5. The van der Waals surface area contributed by atoms with E-state index in [-0.39, 0.29) is 5.91 Å². The number of hydrogen-bond donors (Lipinski definition) is 0. The van der Waals surface area contributed by atoms with Gasteiger partial charge in [-0.25, -0.2) is 0 Å². The van der Waals surface area contributed by atoms with Gasteiger partial charge in [-0.15, -0.1) is 0 Å². The van der Waals surface area contributed by atoms with Crippen molar-refractivity contribution in [3.8, 4) is 17.6 Å². The maximum Gasteiger partial charge on any atom is 0.258 e. The average Bonchev–Trinajstić information content (AvgIpc) is 2.60. The molecular formula is C17H14N2O3. The number of ether oxygens (including phenoxy) is 2. The van der Waals surface area contributed by atoms with Gasteiger partial charge in [0.15, 0.2) is 11.5 Å². The number of fused-ring (bicyclic) bond motifs is 1. The third-order valence-corrected chi connectivity index (χ3v) is 3.46. The second kappa shape index (κ2) is 5.78. The Hall–Kier alpha value is -3.00. The number of rotatable bonds is 2. The van der Waals surface area contributed by atoms with Crippen molar-refractivity contribution >= 4 is 11.6 Å². The van der Waals surface area contributed by atoms with Gasteiger partial charge in [0, 0.05) is 24.4 Å². The Labute approximate surface area is 128 Å². The van der Waals surface area contributed by atoms with E-state index in [0.29, 0.717) is 41.5 Å². The second-order valence-corrected chi connectivity index (χ2v) is 4.88. The Balaban J connectivity index is 1.88. The Morgan fingerprint density at radius 3 is 2.68 bits per heavy atom. The van der Waals surface area contributed by atoms with E-state index >= 15 is 0 Å². The van der Waals surface area contributed by atoms with Gasteiger partial charge in [-0.3, -0.25) is 4.79 Å². The van der Waals surface area contributed by atoms with E-state index in [0.717, 1.165) is 0 Å². The predicted octanol–water partition coefficient (Wildman–Crippen LogP) is 2.61. The smallest absolute Gasteiger partial charge is 0.258 e. The quantitative estimate of drug-likeness (QED) is 0.854. The third-order valence-electron chi connectivity index (χ3n) is 3.46. The van der Waals surface area contributed by atoms with Crippen LogP contribution in [0.1, 0.15) is 15.9 Å². The summed E-state index contributed by atoms with van der Waals surface area (Å²) in [6, 6.07) is 14.0. The molecule has 1 amide bonds. The molecule has 2 aromatic carbocycles. The van der Waals surface area contributed by atoms with Crippen molar-refractivity contribution in [2.24, 2.45) is 0 Å². The van der Waals surface area contributed by atoms with Gasteiger partial charge in [0.05, 0.1) is 11.6 Å². The van der Waals surface area contributed by atoms with E-state index in [1.807, 2.05) is 6.07 Å². The summed E-state index contributed by atoms with van der Waals surface area (Å²) in [6.07, 6.45) is 0. The molecule has 0 aromatic heterocycles. The van der Waals surface area contributed by atoms with Crippen molar-refractivity contribution in [1.29, 1.82) is 5.26 Å². The fourth-order valence-corrected chi connectivity index (χ4v) is 2.27. The molecule has 2 aromatic rings.